The van der Waals surface area contributed by atoms with Crippen LogP contribution in [-0.2, 0) is 4.79 Å². The summed E-state index contributed by atoms with van der Waals surface area (Å²) in [7, 11) is 0. The summed E-state index contributed by atoms with van der Waals surface area (Å²) in [6.45, 7) is 1.98. The molecule has 1 fully saturated rings. The maximum Gasteiger partial charge on any atom is 0.137 e. The highest BCUT2D eigenvalue weighted by atomic mass is 16.1. The molecule has 2 heteroatoms. The van der Waals surface area contributed by atoms with Gasteiger partial charge in [-0.25, -0.2) is 0 Å². The van der Waals surface area contributed by atoms with Crippen LogP contribution in [0.4, 0.5) is 0 Å². The summed E-state index contributed by atoms with van der Waals surface area (Å²) in [6, 6.07) is 1.99. The molecule has 9 heavy (non-hydrogen) atoms. The van der Waals surface area contributed by atoms with E-state index in [1.54, 1.807) is 0 Å². The monoisotopic (exact) mass is 123 g/mol. The third kappa shape index (κ3) is 0.951. The van der Waals surface area contributed by atoms with Crippen LogP contribution in [0.5, 0.6) is 0 Å². The lowest BCUT2D eigenvalue weighted by Gasteiger charge is -2.06. The fourth-order valence-electron chi connectivity index (χ4n) is 0.859. The van der Waals surface area contributed by atoms with E-state index in [0.717, 1.165) is 19.1 Å². The zero-order valence-corrected chi connectivity index (χ0v) is 5.42. The minimum absolute atomic E-state index is 0.0382. The van der Waals surface area contributed by atoms with Gasteiger partial charge in [-0.15, -0.1) is 0 Å². The van der Waals surface area contributed by atoms with Crippen molar-refractivity contribution >= 4 is 6.29 Å². The average Bonchev–Trinajstić information content (AvgIpc) is 2.52. The Hall–Kier alpha value is -0.840. The Bertz CT molecular complexity index is 164. The molecule has 0 saturated heterocycles. The Labute approximate surface area is 54.5 Å². The summed E-state index contributed by atoms with van der Waals surface area (Å²) in [5.41, 5.74) is 0.0382. The van der Waals surface area contributed by atoms with E-state index in [1.807, 2.05) is 13.0 Å². The van der Waals surface area contributed by atoms with Gasteiger partial charge < -0.3 is 4.79 Å². The van der Waals surface area contributed by atoms with E-state index in [2.05, 4.69) is 0 Å². The maximum atomic E-state index is 10.2. The number of nitriles is 1. The van der Waals surface area contributed by atoms with Crippen molar-refractivity contribution < 1.29 is 4.79 Å². The summed E-state index contributed by atoms with van der Waals surface area (Å²) in [4.78, 5) is 10.2. The van der Waals surface area contributed by atoms with Gasteiger partial charge >= 0.3 is 0 Å². The topological polar surface area (TPSA) is 40.9 Å². The van der Waals surface area contributed by atoms with Gasteiger partial charge in [0, 0.05) is 0 Å². The van der Waals surface area contributed by atoms with Crippen molar-refractivity contribution in [1.82, 2.24) is 0 Å². The first-order valence-electron chi connectivity index (χ1n) is 3.08. The molecule has 48 valence electrons. The summed E-state index contributed by atoms with van der Waals surface area (Å²) in [5.74, 6) is -0.363. The smallest absolute Gasteiger partial charge is 0.137 e. The third-order valence-electron chi connectivity index (χ3n) is 2.06. The van der Waals surface area contributed by atoms with E-state index in [0.29, 0.717) is 0 Å². The molecule has 2 nitrogen and oxygen atoms in total. The minimum atomic E-state index is -0.363. The lowest BCUT2D eigenvalue weighted by Crippen LogP contribution is -2.10. The Balaban J connectivity index is 2.60. The molecule has 1 saturated carbocycles. The maximum absolute atomic E-state index is 10.2. The van der Waals surface area contributed by atoms with Crippen LogP contribution in [-0.4, -0.2) is 6.29 Å². The number of nitrogens with zero attached hydrogens (tertiary/aromatic N) is 1. The first kappa shape index (κ1) is 6.28. The van der Waals surface area contributed by atoms with Gasteiger partial charge in [0.25, 0.3) is 0 Å². The molecule has 0 bridgehead atoms. The molecule has 0 radical (unpaired) electrons. The molecule has 0 aromatic rings. The van der Waals surface area contributed by atoms with Gasteiger partial charge in [-0.05, 0) is 18.3 Å². The second kappa shape index (κ2) is 1.84. The van der Waals surface area contributed by atoms with Crippen molar-refractivity contribution in [3.63, 3.8) is 0 Å². The highest BCUT2D eigenvalue weighted by molar-refractivity contribution is 5.60. The van der Waals surface area contributed by atoms with Crippen LogP contribution < -0.4 is 0 Å². The van der Waals surface area contributed by atoms with Crippen molar-refractivity contribution in [2.45, 2.75) is 19.8 Å². The normalized spacial score (nSPS) is 24.0. The molecule has 0 heterocycles. The summed E-state index contributed by atoms with van der Waals surface area (Å²) >= 11 is 0. The van der Waals surface area contributed by atoms with Gasteiger partial charge in [0.15, 0.2) is 0 Å². The molecule has 0 aliphatic heterocycles. The molecule has 1 rings (SSSR count). The molecule has 0 N–H and O–H groups in total. The zero-order valence-electron chi connectivity index (χ0n) is 5.42. The number of carbonyl (C=O) groups excluding carboxylic acids is 1. The molecule has 0 amide bonds. The van der Waals surface area contributed by atoms with Gasteiger partial charge in [0.05, 0.1) is 6.07 Å². The van der Waals surface area contributed by atoms with E-state index < -0.39 is 0 Å². The van der Waals surface area contributed by atoms with Gasteiger partial charge in [-0.3, -0.25) is 0 Å². The lowest BCUT2D eigenvalue weighted by atomic mass is 9.94. The molecule has 0 spiro atoms. The van der Waals surface area contributed by atoms with Crippen LogP contribution >= 0.6 is 0 Å². The van der Waals surface area contributed by atoms with E-state index in [4.69, 9.17) is 5.26 Å². The first-order chi connectivity index (χ1) is 4.23. The predicted molar refractivity (Wildman–Crippen MR) is 32.5 cm³/mol. The van der Waals surface area contributed by atoms with E-state index in [9.17, 15) is 4.79 Å². The van der Waals surface area contributed by atoms with Crippen LogP contribution in [0.2, 0.25) is 0 Å². The Morgan fingerprint density at radius 1 is 1.78 bits per heavy atom. The van der Waals surface area contributed by atoms with Gasteiger partial charge in [0.2, 0.25) is 0 Å². The van der Waals surface area contributed by atoms with E-state index in [1.165, 1.54) is 0 Å². The highest BCUT2D eigenvalue weighted by Crippen LogP contribution is 2.50. The summed E-state index contributed by atoms with van der Waals surface area (Å²) in [5, 5.41) is 8.42. The van der Waals surface area contributed by atoms with Gasteiger partial charge in [0.1, 0.15) is 12.2 Å². The average molecular weight is 123 g/mol. The Morgan fingerprint density at radius 2 is 2.33 bits per heavy atom. The molecule has 1 aliphatic carbocycles. The van der Waals surface area contributed by atoms with Crippen LogP contribution in [0, 0.1) is 22.7 Å². The van der Waals surface area contributed by atoms with Crippen LogP contribution in [0.15, 0.2) is 0 Å². The van der Waals surface area contributed by atoms with Crippen molar-refractivity contribution in [2.24, 2.45) is 11.3 Å². The Morgan fingerprint density at radius 3 is 2.44 bits per heavy atom. The fourth-order valence-corrected chi connectivity index (χ4v) is 0.859. The molecule has 1 atom stereocenters. The van der Waals surface area contributed by atoms with Crippen LogP contribution in [0.1, 0.15) is 19.8 Å². The largest absolute Gasteiger partial charge is 0.302 e. The number of carbonyl (C=O) groups is 1. The highest BCUT2D eigenvalue weighted by Gasteiger charge is 2.44. The van der Waals surface area contributed by atoms with Crippen LogP contribution in [0.3, 0.4) is 0 Å². The number of aldehydes is 1. The third-order valence-corrected chi connectivity index (χ3v) is 2.06. The molecular weight excluding hydrogens is 114 g/mol. The van der Waals surface area contributed by atoms with Gasteiger partial charge in [-0.1, -0.05) is 6.92 Å². The number of rotatable bonds is 2. The minimum Gasteiger partial charge on any atom is -0.302 e. The predicted octanol–water partition coefficient (Wildman–Crippen LogP) is 1.13. The van der Waals surface area contributed by atoms with Gasteiger partial charge in [-0.2, -0.15) is 5.26 Å². The van der Waals surface area contributed by atoms with Crippen molar-refractivity contribution in [3.8, 4) is 6.07 Å². The summed E-state index contributed by atoms with van der Waals surface area (Å²) in [6.07, 6.45) is 2.82. The second-order valence-corrected chi connectivity index (χ2v) is 2.90. The molecule has 1 unspecified atom stereocenters. The number of hydrogen-bond acceptors (Lipinski definition) is 2. The molecule has 0 aromatic heterocycles. The molecule has 0 aromatic carbocycles. The van der Waals surface area contributed by atoms with Crippen molar-refractivity contribution in [1.29, 1.82) is 5.26 Å². The van der Waals surface area contributed by atoms with Crippen molar-refractivity contribution in [3.05, 3.63) is 0 Å². The zero-order chi connectivity index (χ0) is 6.91. The standard InChI is InChI=1S/C7H9NO/c1-7(2-3-7)6(4-8)5-9/h5-6H,2-3H2,1H3. The molecular formula is C7H9NO. The SMILES string of the molecule is CC1(C(C#N)C=O)CC1. The fraction of sp³-hybridized carbons (Fsp3) is 0.714. The summed E-state index contributed by atoms with van der Waals surface area (Å²) < 4.78 is 0. The first-order valence-corrected chi connectivity index (χ1v) is 3.08. The molecule has 1 aliphatic rings. The number of hydrogen-bond donors (Lipinski definition) is 0. The lowest BCUT2D eigenvalue weighted by molar-refractivity contribution is -0.111. The van der Waals surface area contributed by atoms with E-state index in [-0.39, 0.29) is 11.3 Å². The van der Waals surface area contributed by atoms with E-state index >= 15 is 0 Å². The van der Waals surface area contributed by atoms with Crippen molar-refractivity contribution in [2.75, 3.05) is 0 Å². The van der Waals surface area contributed by atoms with Crippen LogP contribution in [0.25, 0.3) is 0 Å². The second-order valence-electron chi connectivity index (χ2n) is 2.90. The Kier molecular flexibility index (Phi) is 1.28. The quantitative estimate of drug-likeness (QED) is 0.516.